The molecule has 4 N–H and O–H groups in total. The van der Waals surface area contributed by atoms with Crippen LogP contribution in [0.3, 0.4) is 0 Å². The molecule has 0 bridgehead atoms. The third-order valence-electron chi connectivity index (χ3n) is 6.31. The maximum absolute atomic E-state index is 13.9. The van der Waals surface area contributed by atoms with Gasteiger partial charge in [-0.2, -0.15) is 13.2 Å². The second kappa shape index (κ2) is 16.0. The van der Waals surface area contributed by atoms with Gasteiger partial charge >= 0.3 is 18.4 Å². The number of nitrogens with zero attached hydrogens (tertiary/aromatic N) is 2. The number of alkyl carbamates (subject to hydrolysis) is 1. The van der Waals surface area contributed by atoms with E-state index < -0.39 is 50.5 Å². The molecule has 0 radical (unpaired) electrons. The highest BCUT2D eigenvalue weighted by molar-refractivity contribution is 6.76. The minimum atomic E-state index is -4.59. The molecule has 2 amide bonds. The van der Waals surface area contributed by atoms with Crippen LogP contribution in [-0.4, -0.2) is 54.2 Å². The minimum Gasteiger partial charge on any atom is -0.445 e. The molecule has 2 atom stereocenters. The molecule has 0 spiro atoms. The first-order valence-electron chi connectivity index (χ1n) is 14.6. The number of nitrogens with one attached hydrogen (secondary N) is 2. The van der Waals surface area contributed by atoms with Crippen LogP contribution in [0.4, 0.5) is 28.4 Å². The zero-order valence-corrected chi connectivity index (χ0v) is 27.9. The van der Waals surface area contributed by atoms with Crippen molar-refractivity contribution in [1.29, 1.82) is 0 Å². The molecule has 250 valence electrons. The summed E-state index contributed by atoms with van der Waals surface area (Å²) in [5, 5.41) is 5.41. The molecule has 1 aromatic carbocycles. The molecule has 1 unspecified atom stereocenters. The van der Waals surface area contributed by atoms with Gasteiger partial charge in [0.15, 0.2) is 0 Å². The number of carbonyl (C=O) groups excluding carboxylic acids is 2. The number of amides is 2. The van der Waals surface area contributed by atoms with Crippen molar-refractivity contribution in [1.82, 2.24) is 14.9 Å². The molecule has 1 aromatic heterocycles. The zero-order valence-electron chi connectivity index (χ0n) is 26.9. The van der Waals surface area contributed by atoms with Crippen molar-refractivity contribution in [2.75, 3.05) is 11.9 Å². The predicted molar refractivity (Wildman–Crippen MR) is 171 cm³/mol. The van der Waals surface area contributed by atoms with E-state index in [0.717, 1.165) is 6.04 Å². The molecule has 10 nitrogen and oxygen atoms in total. The smallest absolute Gasteiger partial charge is 0.408 e. The Morgan fingerprint density at radius 2 is 1.80 bits per heavy atom. The second-order valence-corrected chi connectivity index (χ2v) is 18.4. The number of aromatic nitrogens is 2. The van der Waals surface area contributed by atoms with Crippen LogP contribution in [0.25, 0.3) is 11.3 Å². The van der Waals surface area contributed by atoms with E-state index in [1.807, 2.05) is 0 Å². The minimum absolute atomic E-state index is 0.0887. The average Bonchev–Trinajstić information content (AvgIpc) is 3.31. The highest BCUT2D eigenvalue weighted by atomic mass is 28.3. The first kappa shape index (κ1) is 37.4. The molecule has 0 aliphatic carbocycles. The van der Waals surface area contributed by atoms with E-state index >= 15 is 0 Å². The molecule has 0 aliphatic heterocycles. The van der Waals surface area contributed by atoms with Crippen LogP contribution in [0, 0.1) is 0 Å². The Bertz CT molecular complexity index is 1320. The van der Waals surface area contributed by atoms with E-state index in [-0.39, 0.29) is 25.4 Å². The summed E-state index contributed by atoms with van der Waals surface area (Å²) in [4.78, 5) is 28.7. The van der Waals surface area contributed by atoms with Gasteiger partial charge in [0.05, 0.1) is 11.7 Å². The van der Waals surface area contributed by atoms with Crippen molar-refractivity contribution in [2.45, 2.75) is 96.5 Å². The summed E-state index contributed by atoms with van der Waals surface area (Å²) >= 11 is 0. The number of rotatable bonds is 16. The number of benzene rings is 1. The molecule has 45 heavy (non-hydrogen) atoms. The van der Waals surface area contributed by atoms with Crippen LogP contribution in [0.1, 0.15) is 51.0 Å². The first-order valence-corrected chi connectivity index (χ1v) is 18.3. The van der Waals surface area contributed by atoms with Crippen LogP contribution in [0.5, 0.6) is 0 Å². The average molecular weight is 654 g/mol. The van der Waals surface area contributed by atoms with E-state index in [0.29, 0.717) is 29.3 Å². The monoisotopic (exact) mass is 653 g/mol. The number of hydrogen-bond acceptors (Lipinski definition) is 7. The van der Waals surface area contributed by atoms with Gasteiger partial charge in [0.1, 0.15) is 30.8 Å². The van der Waals surface area contributed by atoms with Crippen LogP contribution >= 0.6 is 0 Å². The van der Waals surface area contributed by atoms with Gasteiger partial charge in [0, 0.05) is 32.1 Å². The van der Waals surface area contributed by atoms with Crippen molar-refractivity contribution >= 4 is 25.9 Å². The second-order valence-electron chi connectivity index (χ2n) is 12.8. The summed E-state index contributed by atoms with van der Waals surface area (Å²) in [7, 11) is -1.38. The van der Waals surface area contributed by atoms with E-state index in [9.17, 15) is 22.8 Å². The number of ether oxygens (including phenoxy) is 3. The van der Waals surface area contributed by atoms with Gasteiger partial charge in [-0.1, -0.05) is 43.9 Å². The lowest BCUT2D eigenvalue weighted by molar-refractivity contribution is -0.141. The number of alkyl halides is 3. The summed E-state index contributed by atoms with van der Waals surface area (Å²) in [6.07, 6.45) is -1.92. The lowest BCUT2D eigenvalue weighted by Gasteiger charge is -2.23. The summed E-state index contributed by atoms with van der Waals surface area (Å²) < 4.78 is 59.9. The molecular formula is C31H46F3N5O5Si. The van der Waals surface area contributed by atoms with Crippen LogP contribution in [0.2, 0.25) is 25.7 Å². The number of nitrogens with two attached hydrogens (primary N) is 1. The van der Waals surface area contributed by atoms with Crippen LogP contribution in [0.15, 0.2) is 49.7 Å². The first-order chi connectivity index (χ1) is 20.8. The SMILES string of the molecule is C=CCC(Nc1cc(COC(N)=O)ccc1-c1cn(COCC[Si](C)(C)C)c([C@H](CC=C)NC(=O)OC(C)(C)C)n1)C(F)(F)F. The summed E-state index contributed by atoms with van der Waals surface area (Å²) in [6, 6.07) is 2.91. The van der Waals surface area contributed by atoms with E-state index in [1.165, 1.54) is 12.1 Å². The fourth-order valence-corrected chi connectivity index (χ4v) is 4.89. The number of hydrogen-bond donors (Lipinski definition) is 3. The van der Waals surface area contributed by atoms with Gasteiger partial charge in [-0.05, 0) is 51.3 Å². The molecule has 0 fully saturated rings. The third kappa shape index (κ3) is 13.0. The van der Waals surface area contributed by atoms with Gasteiger partial charge in [0.2, 0.25) is 0 Å². The molecule has 2 aromatic rings. The lowest BCUT2D eigenvalue weighted by atomic mass is 10.0. The number of imidazole rings is 1. The number of carbonyl (C=O) groups is 2. The number of anilines is 1. The maximum Gasteiger partial charge on any atom is 0.408 e. The molecule has 14 heteroatoms. The van der Waals surface area contributed by atoms with E-state index in [2.05, 4.69) is 43.4 Å². The quantitative estimate of drug-likeness (QED) is 0.0971. The van der Waals surface area contributed by atoms with Gasteiger partial charge in [-0.15, -0.1) is 13.2 Å². The van der Waals surface area contributed by atoms with Gasteiger partial charge in [0.25, 0.3) is 0 Å². The molecule has 0 aliphatic rings. The predicted octanol–water partition coefficient (Wildman–Crippen LogP) is 7.52. The standard InChI is InChI=1S/C31H46F3N5O5Si/c1-9-11-23(38-29(41)44-30(3,4)5)27-37-25(18-39(27)20-42-15-16-45(6,7)8)22-14-13-21(19-43-28(35)40)17-24(22)36-26(12-10-2)31(32,33)34/h9-10,13-14,17-18,23,26,36H,1-2,11-12,15-16,19-20H2,3-8H3,(H2,35,40)(H,38,41)/t23-,26?/m0/s1. The molecule has 2 rings (SSSR count). The topological polar surface area (TPSA) is 130 Å². The molecule has 0 saturated carbocycles. The largest absolute Gasteiger partial charge is 0.445 e. The van der Waals surface area contributed by atoms with Crippen LogP contribution in [-0.2, 0) is 27.5 Å². The van der Waals surface area contributed by atoms with Crippen LogP contribution < -0.4 is 16.4 Å². The Morgan fingerprint density at radius 3 is 2.36 bits per heavy atom. The van der Waals surface area contributed by atoms with E-state index in [1.54, 1.807) is 49.7 Å². The maximum atomic E-state index is 13.9. The normalized spacial score (nSPS) is 13.4. The Labute approximate surface area is 264 Å². The van der Waals surface area contributed by atoms with Crippen molar-refractivity contribution in [3.63, 3.8) is 0 Å². The Kier molecular flexibility index (Phi) is 13.3. The van der Waals surface area contributed by atoms with Gasteiger partial charge in [-0.3, -0.25) is 0 Å². The van der Waals surface area contributed by atoms with Crippen molar-refractivity contribution < 1.29 is 37.0 Å². The fourth-order valence-electron chi connectivity index (χ4n) is 4.14. The Balaban J connectivity index is 2.64. The van der Waals surface area contributed by atoms with E-state index in [4.69, 9.17) is 24.9 Å². The van der Waals surface area contributed by atoms with Gasteiger partial charge in [-0.25, -0.2) is 14.6 Å². The highest BCUT2D eigenvalue weighted by Crippen LogP contribution is 2.34. The molecular weight excluding hydrogens is 607 g/mol. The number of halogens is 3. The van der Waals surface area contributed by atoms with Crippen molar-refractivity contribution in [2.24, 2.45) is 5.73 Å². The summed E-state index contributed by atoms with van der Waals surface area (Å²) in [5.74, 6) is 0.398. The zero-order chi connectivity index (χ0) is 34.0. The van der Waals surface area contributed by atoms with Crippen molar-refractivity contribution in [3.8, 4) is 11.3 Å². The fraction of sp³-hybridized carbons (Fsp3) is 0.516. The lowest BCUT2D eigenvalue weighted by Crippen LogP contribution is -2.36. The summed E-state index contributed by atoms with van der Waals surface area (Å²) in [6.45, 7) is 19.5. The highest BCUT2D eigenvalue weighted by Gasteiger charge is 2.39. The Hall–Kier alpha value is -3.78. The number of primary amides is 1. The third-order valence-corrected chi connectivity index (χ3v) is 8.01. The summed E-state index contributed by atoms with van der Waals surface area (Å²) in [5.41, 5.74) is 5.51. The van der Waals surface area contributed by atoms with Gasteiger partial charge < -0.3 is 35.1 Å². The molecule has 0 saturated heterocycles. The Morgan fingerprint density at radius 1 is 1.13 bits per heavy atom. The molecule has 1 heterocycles. The van der Waals surface area contributed by atoms with Crippen molar-refractivity contribution in [3.05, 3.63) is 61.1 Å².